The van der Waals surface area contributed by atoms with E-state index in [4.69, 9.17) is 4.74 Å². The zero-order valence-corrected chi connectivity index (χ0v) is 14.4. The van der Waals surface area contributed by atoms with Gasteiger partial charge in [-0.3, -0.25) is 0 Å². The van der Waals surface area contributed by atoms with E-state index < -0.39 is 0 Å². The highest BCUT2D eigenvalue weighted by Gasteiger charge is 2.38. The van der Waals surface area contributed by atoms with Crippen molar-refractivity contribution in [2.45, 2.75) is 64.5 Å². The van der Waals surface area contributed by atoms with Crippen LogP contribution in [0.4, 0.5) is 0 Å². The minimum absolute atomic E-state index is 0.00600. The summed E-state index contributed by atoms with van der Waals surface area (Å²) >= 11 is 3.56. The Balaban J connectivity index is 2.33. The predicted octanol–water partition coefficient (Wildman–Crippen LogP) is 5.22. The normalized spacial score (nSPS) is 25.1. The Kier molecular flexibility index (Phi) is 5.50. The van der Waals surface area contributed by atoms with Crippen molar-refractivity contribution in [3.8, 4) is 5.75 Å². The lowest BCUT2D eigenvalue weighted by atomic mass is 9.82. The molecular weight excluding hydrogens is 314 g/mol. The van der Waals surface area contributed by atoms with E-state index in [2.05, 4.69) is 60.2 Å². The first-order valence-corrected chi connectivity index (χ1v) is 8.65. The molecule has 1 aromatic rings. The zero-order valence-electron chi connectivity index (χ0n) is 12.8. The van der Waals surface area contributed by atoms with Crippen LogP contribution in [0.5, 0.6) is 5.75 Å². The van der Waals surface area contributed by atoms with E-state index in [9.17, 15) is 0 Å². The molecule has 0 fully saturated rings. The van der Waals surface area contributed by atoms with Gasteiger partial charge in [-0.15, -0.1) is 0 Å². The predicted molar refractivity (Wildman–Crippen MR) is 88.4 cm³/mol. The molecule has 112 valence electrons. The molecule has 0 radical (unpaired) electrons. The van der Waals surface area contributed by atoms with Crippen molar-refractivity contribution in [1.29, 1.82) is 0 Å². The minimum atomic E-state index is -0.00600. The number of nitrogens with one attached hydrogen (secondary N) is 1. The second kappa shape index (κ2) is 6.95. The van der Waals surface area contributed by atoms with Gasteiger partial charge in [0.25, 0.3) is 0 Å². The minimum Gasteiger partial charge on any atom is -0.487 e. The Hall–Kier alpha value is -0.540. The summed E-state index contributed by atoms with van der Waals surface area (Å²) in [6.07, 6.45) is 5.59. The highest BCUT2D eigenvalue weighted by Crippen LogP contribution is 2.44. The smallest absolute Gasteiger partial charge is 0.126 e. The van der Waals surface area contributed by atoms with Crippen LogP contribution in [0.25, 0.3) is 0 Å². The summed E-state index contributed by atoms with van der Waals surface area (Å²) in [7, 11) is 0. The van der Waals surface area contributed by atoms with Crippen molar-refractivity contribution in [2.75, 3.05) is 6.54 Å². The topological polar surface area (TPSA) is 21.3 Å². The van der Waals surface area contributed by atoms with Crippen LogP contribution in [0.2, 0.25) is 0 Å². The maximum Gasteiger partial charge on any atom is 0.126 e. The van der Waals surface area contributed by atoms with Crippen molar-refractivity contribution in [1.82, 2.24) is 5.32 Å². The quantitative estimate of drug-likeness (QED) is 0.766. The Morgan fingerprint density at radius 3 is 2.75 bits per heavy atom. The first-order chi connectivity index (χ1) is 9.64. The average Bonchev–Trinajstić information content (AvgIpc) is 2.44. The van der Waals surface area contributed by atoms with Gasteiger partial charge in [0.05, 0.1) is 0 Å². The monoisotopic (exact) mass is 339 g/mol. The summed E-state index contributed by atoms with van der Waals surface area (Å²) in [5.41, 5.74) is 1.30. The summed E-state index contributed by atoms with van der Waals surface area (Å²) < 4.78 is 7.52. The number of benzene rings is 1. The summed E-state index contributed by atoms with van der Waals surface area (Å²) in [5, 5.41) is 3.70. The zero-order chi connectivity index (χ0) is 14.6. The van der Waals surface area contributed by atoms with Crippen LogP contribution in [-0.4, -0.2) is 12.1 Å². The molecule has 0 bridgehead atoms. The molecule has 1 aliphatic rings. The fraction of sp³-hybridized carbons (Fsp3) is 0.647. The molecule has 0 saturated heterocycles. The maximum atomic E-state index is 6.43. The number of fused-ring (bicyclic) bond motifs is 1. The lowest BCUT2D eigenvalue weighted by Crippen LogP contribution is -2.43. The second-order valence-corrected chi connectivity index (χ2v) is 6.70. The maximum absolute atomic E-state index is 6.43. The van der Waals surface area contributed by atoms with Gasteiger partial charge in [-0.2, -0.15) is 0 Å². The number of ether oxygens (including phenoxy) is 1. The van der Waals surface area contributed by atoms with Crippen LogP contribution in [0.15, 0.2) is 22.7 Å². The molecule has 1 N–H and O–H groups in total. The number of rotatable bonds is 6. The fourth-order valence-electron chi connectivity index (χ4n) is 3.14. The summed E-state index contributed by atoms with van der Waals surface area (Å²) in [4.78, 5) is 0. The van der Waals surface area contributed by atoms with Gasteiger partial charge in [0, 0.05) is 22.5 Å². The molecule has 2 nitrogen and oxygen atoms in total. The van der Waals surface area contributed by atoms with Gasteiger partial charge in [0.1, 0.15) is 11.4 Å². The van der Waals surface area contributed by atoms with Gasteiger partial charge in [-0.1, -0.05) is 49.2 Å². The van der Waals surface area contributed by atoms with E-state index in [0.717, 1.165) is 48.9 Å². The molecule has 0 aromatic heterocycles. The van der Waals surface area contributed by atoms with Crippen LogP contribution >= 0.6 is 15.9 Å². The van der Waals surface area contributed by atoms with Gasteiger partial charge < -0.3 is 10.1 Å². The first kappa shape index (κ1) is 15.8. The molecular formula is C17H26BrNO. The van der Waals surface area contributed by atoms with Gasteiger partial charge in [-0.25, -0.2) is 0 Å². The van der Waals surface area contributed by atoms with Gasteiger partial charge >= 0.3 is 0 Å². The SMILES string of the molecule is CCCNC1CC(CC)(CCC)Oc2cc(Br)ccc21. The van der Waals surface area contributed by atoms with Crippen molar-refractivity contribution >= 4 is 15.9 Å². The Bertz CT molecular complexity index is 449. The average molecular weight is 340 g/mol. The van der Waals surface area contributed by atoms with E-state index in [0.29, 0.717) is 6.04 Å². The number of hydrogen-bond acceptors (Lipinski definition) is 2. The molecule has 0 amide bonds. The summed E-state index contributed by atoms with van der Waals surface area (Å²) in [6.45, 7) is 7.77. The van der Waals surface area contributed by atoms with Gasteiger partial charge in [-0.05, 0) is 37.9 Å². The Morgan fingerprint density at radius 1 is 1.30 bits per heavy atom. The van der Waals surface area contributed by atoms with Gasteiger partial charge in [0.15, 0.2) is 0 Å². The molecule has 0 spiro atoms. The fourth-order valence-corrected chi connectivity index (χ4v) is 3.48. The molecule has 2 unspecified atom stereocenters. The summed E-state index contributed by atoms with van der Waals surface area (Å²) in [6, 6.07) is 6.84. The molecule has 2 atom stereocenters. The van der Waals surface area contributed by atoms with Crippen LogP contribution in [-0.2, 0) is 0 Å². The Morgan fingerprint density at radius 2 is 2.10 bits per heavy atom. The van der Waals surface area contributed by atoms with Crippen LogP contribution in [0.3, 0.4) is 0 Å². The lowest BCUT2D eigenvalue weighted by Gasteiger charge is -2.42. The van der Waals surface area contributed by atoms with Gasteiger partial charge in [0.2, 0.25) is 0 Å². The third-order valence-corrected chi connectivity index (χ3v) is 4.74. The van der Waals surface area contributed by atoms with Crippen LogP contribution in [0.1, 0.15) is 64.5 Å². The van der Waals surface area contributed by atoms with Crippen LogP contribution in [0, 0.1) is 0 Å². The first-order valence-electron chi connectivity index (χ1n) is 7.86. The van der Waals surface area contributed by atoms with E-state index in [1.54, 1.807) is 0 Å². The second-order valence-electron chi connectivity index (χ2n) is 5.78. The molecule has 1 aliphatic heterocycles. The standard InChI is InChI=1S/C17H26BrNO/c1-4-9-17(6-3)12-15(19-10-5-2)14-8-7-13(18)11-16(14)20-17/h7-8,11,15,19H,4-6,9-10,12H2,1-3H3. The third kappa shape index (κ3) is 3.37. The molecule has 0 saturated carbocycles. The molecule has 0 aliphatic carbocycles. The third-order valence-electron chi connectivity index (χ3n) is 4.24. The van der Waals surface area contributed by atoms with Crippen molar-refractivity contribution in [3.63, 3.8) is 0 Å². The van der Waals surface area contributed by atoms with Crippen molar-refractivity contribution < 1.29 is 4.74 Å². The highest BCUT2D eigenvalue weighted by molar-refractivity contribution is 9.10. The van der Waals surface area contributed by atoms with Crippen molar-refractivity contribution in [2.24, 2.45) is 0 Å². The molecule has 1 aromatic carbocycles. The lowest BCUT2D eigenvalue weighted by molar-refractivity contribution is 0.0178. The molecule has 2 rings (SSSR count). The largest absolute Gasteiger partial charge is 0.487 e. The van der Waals surface area contributed by atoms with E-state index in [-0.39, 0.29) is 5.60 Å². The summed E-state index contributed by atoms with van der Waals surface area (Å²) in [5.74, 6) is 1.05. The van der Waals surface area contributed by atoms with E-state index >= 15 is 0 Å². The van der Waals surface area contributed by atoms with Crippen molar-refractivity contribution in [3.05, 3.63) is 28.2 Å². The molecule has 3 heteroatoms. The molecule has 1 heterocycles. The number of hydrogen-bond donors (Lipinski definition) is 1. The molecule has 20 heavy (non-hydrogen) atoms. The number of halogens is 1. The van der Waals surface area contributed by atoms with Crippen LogP contribution < -0.4 is 10.1 Å². The van der Waals surface area contributed by atoms with E-state index in [1.807, 2.05) is 0 Å². The van der Waals surface area contributed by atoms with E-state index in [1.165, 1.54) is 5.56 Å². The Labute approximate surface area is 131 Å². The highest BCUT2D eigenvalue weighted by atomic mass is 79.9.